The van der Waals surface area contributed by atoms with Gasteiger partial charge in [0.05, 0.1) is 6.04 Å². The number of aromatic nitrogens is 1. The molecule has 3 nitrogen and oxygen atoms in total. The fraction of sp³-hybridized carbons (Fsp3) is 0.333. The second kappa shape index (κ2) is 6.94. The minimum absolute atomic E-state index is 0.347. The molecule has 0 saturated carbocycles. The third-order valence-electron chi connectivity index (χ3n) is 5.44. The van der Waals surface area contributed by atoms with E-state index >= 15 is 0 Å². The first kappa shape index (κ1) is 16.8. The molecule has 1 aliphatic rings. The summed E-state index contributed by atoms with van der Waals surface area (Å²) in [5.41, 5.74) is 5.47. The maximum absolute atomic E-state index is 3.72. The van der Waals surface area contributed by atoms with Gasteiger partial charge in [-0.1, -0.05) is 46.3 Å². The lowest BCUT2D eigenvalue weighted by atomic mass is 9.90. The molecule has 0 radical (unpaired) electrons. The highest BCUT2D eigenvalue weighted by atomic mass is 79.9. The number of H-pyrrole nitrogens is 1. The Morgan fingerprint density at radius 1 is 1.24 bits per heavy atom. The van der Waals surface area contributed by atoms with Crippen LogP contribution < -0.4 is 5.32 Å². The number of hydrogen-bond acceptors (Lipinski definition) is 2. The SMILES string of the molecule is CN[C@@H](Cc1ccccc1)[C@@H]1c2[nH]c3ccc(Br)cc3c2CCN1C. The first-order valence-corrected chi connectivity index (χ1v) is 9.68. The lowest BCUT2D eigenvalue weighted by Crippen LogP contribution is -2.45. The zero-order chi connectivity index (χ0) is 17.4. The molecule has 0 saturated heterocycles. The van der Waals surface area contributed by atoms with Gasteiger partial charge in [-0.15, -0.1) is 0 Å². The molecule has 2 atom stereocenters. The summed E-state index contributed by atoms with van der Waals surface area (Å²) in [4.78, 5) is 6.20. The number of nitrogens with one attached hydrogen (secondary N) is 2. The Kier molecular flexibility index (Phi) is 4.67. The van der Waals surface area contributed by atoms with Gasteiger partial charge < -0.3 is 10.3 Å². The summed E-state index contributed by atoms with van der Waals surface area (Å²) < 4.78 is 1.15. The van der Waals surface area contributed by atoms with Gasteiger partial charge in [0.1, 0.15) is 0 Å². The van der Waals surface area contributed by atoms with Gasteiger partial charge in [-0.05, 0) is 56.3 Å². The fourth-order valence-electron chi connectivity index (χ4n) is 4.16. The Hall–Kier alpha value is -1.62. The maximum atomic E-state index is 3.72. The van der Waals surface area contributed by atoms with Gasteiger partial charge in [0.15, 0.2) is 0 Å². The molecule has 2 aromatic carbocycles. The van der Waals surface area contributed by atoms with E-state index in [4.69, 9.17) is 0 Å². The van der Waals surface area contributed by atoms with Gasteiger partial charge in [-0.25, -0.2) is 0 Å². The zero-order valence-corrected chi connectivity index (χ0v) is 16.3. The van der Waals surface area contributed by atoms with E-state index in [0.717, 1.165) is 23.9 Å². The molecule has 1 aromatic heterocycles. The van der Waals surface area contributed by atoms with Gasteiger partial charge in [0, 0.05) is 33.7 Å². The number of rotatable bonds is 4. The van der Waals surface area contributed by atoms with Crippen molar-refractivity contribution in [1.29, 1.82) is 0 Å². The lowest BCUT2D eigenvalue weighted by molar-refractivity contribution is 0.181. The van der Waals surface area contributed by atoms with E-state index in [1.165, 1.54) is 27.7 Å². The summed E-state index contributed by atoms with van der Waals surface area (Å²) in [7, 11) is 4.32. The average molecular weight is 398 g/mol. The van der Waals surface area contributed by atoms with Gasteiger partial charge >= 0.3 is 0 Å². The number of halogens is 1. The number of benzene rings is 2. The minimum atomic E-state index is 0.347. The van der Waals surface area contributed by atoms with Crippen molar-refractivity contribution in [3.8, 4) is 0 Å². The predicted octanol–water partition coefficient (Wildman–Crippen LogP) is 4.29. The second-order valence-electron chi connectivity index (χ2n) is 6.97. The Morgan fingerprint density at radius 2 is 2.04 bits per heavy atom. The van der Waals surface area contributed by atoms with Gasteiger partial charge in [-0.3, -0.25) is 4.90 Å². The van der Waals surface area contributed by atoms with E-state index in [0.29, 0.717) is 12.1 Å². The van der Waals surface area contributed by atoms with Crippen LogP contribution in [-0.4, -0.2) is 36.6 Å². The smallest absolute Gasteiger partial charge is 0.0657 e. The highest BCUT2D eigenvalue weighted by Crippen LogP contribution is 2.37. The van der Waals surface area contributed by atoms with Gasteiger partial charge in [-0.2, -0.15) is 0 Å². The normalized spacial score (nSPS) is 19.1. The summed E-state index contributed by atoms with van der Waals surface area (Å²) in [6, 6.07) is 18.0. The molecule has 25 heavy (non-hydrogen) atoms. The summed E-state index contributed by atoms with van der Waals surface area (Å²) in [5, 5.41) is 4.93. The molecule has 0 aliphatic carbocycles. The van der Waals surface area contributed by atoms with Crippen molar-refractivity contribution in [2.24, 2.45) is 0 Å². The molecular formula is C21H24BrN3. The zero-order valence-electron chi connectivity index (χ0n) is 14.7. The van der Waals surface area contributed by atoms with Crippen molar-refractivity contribution >= 4 is 26.8 Å². The highest BCUT2D eigenvalue weighted by Gasteiger charge is 2.33. The molecule has 2 N–H and O–H groups in total. The van der Waals surface area contributed by atoms with E-state index in [1.54, 1.807) is 0 Å². The maximum Gasteiger partial charge on any atom is 0.0657 e. The third-order valence-corrected chi connectivity index (χ3v) is 5.93. The molecule has 0 unspecified atom stereocenters. The minimum Gasteiger partial charge on any atom is -0.357 e. The molecule has 130 valence electrons. The van der Waals surface area contributed by atoms with E-state index in [2.05, 4.69) is 93.8 Å². The van der Waals surface area contributed by atoms with Gasteiger partial charge in [0.25, 0.3) is 0 Å². The van der Waals surface area contributed by atoms with Crippen molar-refractivity contribution in [1.82, 2.24) is 15.2 Å². The number of hydrogen-bond donors (Lipinski definition) is 2. The summed E-state index contributed by atoms with van der Waals surface area (Å²) >= 11 is 3.62. The van der Waals surface area contributed by atoms with Crippen LogP contribution in [0.5, 0.6) is 0 Å². The van der Waals surface area contributed by atoms with Crippen molar-refractivity contribution < 1.29 is 0 Å². The van der Waals surface area contributed by atoms with E-state index in [9.17, 15) is 0 Å². The average Bonchev–Trinajstić information content (AvgIpc) is 2.98. The van der Waals surface area contributed by atoms with Crippen molar-refractivity contribution in [2.75, 3.05) is 20.6 Å². The molecule has 1 aliphatic heterocycles. The van der Waals surface area contributed by atoms with Crippen LogP contribution in [0.25, 0.3) is 10.9 Å². The van der Waals surface area contributed by atoms with Crippen LogP contribution in [0, 0.1) is 0 Å². The molecule has 0 amide bonds. The topological polar surface area (TPSA) is 31.1 Å². The molecule has 0 bridgehead atoms. The van der Waals surface area contributed by atoms with Crippen molar-refractivity contribution in [3.05, 3.63) is 69.8 Å². The Morgan fingerprint density at radius 3 is 2.80 bits per heavy atom. The quantitative estimate of drug-likeness (QED) is 0.687. The highest BCUT2D eigenvalue weighted by molar-refractivity contribution is 9.10. The number of aromatic amines is 1. The number of nitrogens with zero attached hydrogens (tertiary/aromatic N) is 1. The molecule has 3 aromatic rings. The van der Waals surface area contributed by atoms with Crippen LogP contribution in [0.15, 0.2) is 53.0 Å². The standard InChI is InChI=1S/C21H24BrN3/c1-23-19(12-14-6-4-3-5-7-14)21-20-16(10-11-25(21)2)17-13-15(22)8-9-18(17)24-20/h3-9,13,19,21,23-24H,10-12H2,1-2H3/t19-,21+/m0/s1. The molecule has 4 rings (SSSR count). The Labute approximate surface area is 157 Å². The number of fused-ring (bicyclic) bond motifs is 3. The molecule has 0 fully saturated rings. The summed E-state index contributed by atoms with van der Waals surface area (Å²) in [5.74, 6) is 0. The van der Waals surface area contributed by atoms with Crippen LogP contribution in [0.2, 0.25) is 0 Å². The molecular weight excluding hydrogens is 374 g/mol. The van der Waals surface area contributed by atoms with Crippen LogP contribution in [-0.2, 0) is 12.8 Å². The van der Waals surface area contributed by atoms with Gasteiger partial charge in [0.2, 0.25) is 0 Å². The van der Waals surface area contributed by atoms with Crippen molar-refractivity contribution in [3.63, 3.8) is 0 Å². The fourth-order valence-corrected chi connectivity index (χ4v) is 4.52. The predicted molar refractivity (Wildman–Crippen MR) is 108 cm³/mol. The van der Waals surface area contributed by atoms with E-state index in [-0.39, 0.29) is 0 Å². The molecule has 2 heterocycles. The van der Waals surface area contributed by atoms with E-state index < -0.39 is 0 Å². The van der Waals surface area contributed by atoms with Crippen molar-refractivity contribution in [2.45, 2.75) is 24.9 Å². The summed E-state index contributed by atoms with van der Waals surface area (Å²) in [6.45, 7) is 1.09. The number of likely N-dealkylation sites (N-methyl/N-ethyl adjacent to an activating group) is 2. The van der Waals surface area contributed by atoms with Crippen LogP contribution in [0.1, 0.15) is 22.9 Å². The molecule has 0 spiro atoms. The monoisotopic (exact) mass is 397 g/mol. The lowest BCUT2D eigenvalue weighted by Gasteiger charge is -2.38. The first-order valence-electron chi connectivity index (χ1n) is 8.89. The Balaban J connectivity index is 1.75. The van der Waals surface area contributed by atoms with Crippen LogP contribution in [0.3, 0.4) is 0 Å². The first-order chi connectivity index (χ1) is 12.2. The summed E-state index contributed by atoms with van der Waals surface area (Å²) in [6.07, 6.45) is 2.12. The third kappa shape index (κ3) is 3.14. The Bertz CT molecular complexity index is 871. The molecule has 4 heteroatoms. The second-order valence-corrected chi connectivity index (χ2v) is 7.88. The van der Waals surface area contributed by atoms with E-state index in [1.807, 2.05) is 0 Å². The van der Waals surface area contributed by atoms with Crippen LogP contribution in [0.4, 0.5) is 0 Å². The van der Waals surface area contributed by atoms with Crippen LogP contribution >= 0.6 is 15.9 Å². The largest absolute Gasteiger partial charge is 0.357 e.